The lowest BCUT2D eigenvalue weighted by Crippen LogP contribution is -2.24. The summed E-state index contributed by atoms with van der Waals surface area (Å²) in [5.41, 5.74) is 3.20. The van der Waals surface area contributed by atoms with Gasteiger partial charge in [0, 0.05) is 43.4 Å². The summed E-state index contributed by atoms with van der Waals surface area (Å²) in [7, 11) is 2.01. The molecule has 0 radical (unpaired) electrons. The van der Waals surface area contributed by atoms with Crippen LogP contribution in [0.2, 0.25) is 0 Å². The summed E-state index contributed by atoms with van der Waals surface area (Å²) in [5, 5.41) is 4.73. The van der Waals surface area contributed by atoms with Gasteiger partial charge in [0.1, 0.15) is 5.82 Å². The first-order valence-corrected chi connectivity index (χ1v) is 8.53. The van der Waals surface area contributed by atoms with E-state index in [1.54, 1.807) is 0 Å². The van der Waals surface area contributed by atoms with Gasteiger partial charge in [-0.05, 0) is 31.4 Å². The molecule has 2 aromatic heterocycles. The second-order valence-corrected chi connectivity index (χ2v) is 6.35. The highest BCUT2D eigenvalue weighted by molar-refractivity contribution is 5.67. The van der Waals surface area contributed by atoms with Crippen molar-refractivity contribution in [2.45, 2.75) is 31.9 Å². The van der Waals surface area contributed by atoms with Crippen LogP contribution in [0.3, 0.4) is 0 Å². The molecule has 3 aromatic rings. The zero-order valence-corrected chi connectivity index (χ0v) is 13.9. The van der Waals surface area contributed by atoms with E-state index in [2.05, 4.69) is 35.3 Å². The van der Waals surface area contributed by atoms with E-state index in [4.69, 9.17) is 9.84 Å². The Kier molecular flexibility index (Phi) is 4.17. The third-order valence-electron chi connectivity index (χ3n) is 4.54. The standard InChI is InChI=1S/C19H22N4O/c1-22-11-9-20-19(22)16-6-4-5-15(13-16)18-8-10-23(21-18)14-17-7-2-3-12-24-17/h4-6,8-11,13,17H,2-3,7,12,14H2,1H3. The van der Waals surface area contributed by atoms with Crippen molar-refractivity contribution in [3.8, 4) is 22.6 Å². The number of benzene rings is 1. The van der Waals surface area contributed by atoms with Crippen LogP contribution in [-0.4, -0.2) is 32.0 Å². The third kappa shape index (κ3) is 3.12. The number of imidazole rings is 1. The SMILES string of the molecule is Cn1ccnc1-c1cccc(-c2ccn(CC3CCCCO3)n2)c1. The molecule has 4 rings (SSSR count). The topological polar surface area (TPSA) is 44.9 Å². The van der Waals surface area contributed by atoms with Crippen LogP contribution in [0.25, 0.3) is 22.6 Å². The van der Waals surface area contributed by atoms with Crippen molar-refractivity contribution in [1.29, 1.82) is 0 Å². The molecule has 0 bridgehead atoms. The molecule has 3 heterocycles. The lowest BCUT2D eigenvalue weighted by Gasteiger charge is -2.22. The Morgan fingerprint density at radius 2 is 2.08 bits per heavy atom. The molecule has 0 aliphatic carbocycles. The second-order valence-electron chi connectivity index (χ2n) is 6.35. The van der Waals surface area contributed by atoms with E-state index in [1.165, 1.54) is 12.8 Å². The number of hydrogen-bond acceptors (Lipinski definition) is 3. The quantitative estimate of drug-likeness (QED) is 0.738. The fraction of sp³-hybridized carbons (Fsp3) is 0.368. The fourth-order valence-electron chi connectivity index (χ4n) is 3.24. The van der Waals surface area contributed by atoms with Gasteiger partial charge in [-0.2, -0.15) is 5.10 Å². The third-order valence-corrected chi connectivity index (χ3v) is 4.54. The van der Waals surface area contributed by atoms with Crippen LogP contribution in [0.1, 0.15) is 19.3 Å². The van der Waals surface area contributed by atoms with Crippen LogP contribution in [0.4, 0.5) is 0 Å². The molecule has 0 N–H and O–H groups in total. The van der Waals surface area contributed by atoms with Crippen molar-refractivity contribution in [3.05, 3.63) is 48.9 Å². The summed E-state index contributed by atoms with van der Waals surface area (Å²) < 4.78 is 9.83. The minimum absolute atomic E-state index is 0.297. The van der Waals surface area contributed by atoms with Crippen molar-refractivity contribution >= 4 is 0 Å². The average molecular weight is 322 g/mol. The molecule has 5 heteroatoms. The van der Waals surface area contributed by atoms with Crippen molar-refractivity contribution in [3.63, 3.8) is 0 Å². The Morgan fingerprint density at radius 1 is 1.17 bits per heavy atom. The van der Waals surface area contributed by atoms with Crippen molar-refractivity contribution in [1.82, 2.24) is 19.3 Å². The van der Waals surface area contributed by atoms with Gasteiger partial charge in [0.25, 0.3) is 0 Å². The minimum Gasteiger partial charge on any atom is -0.376 e. The first kappa shape index (κ1) is 15.1. The van der Waals surface area contributed by atoms with Gasteiger partial charge >= 0.3 is 0 Å². The monoisotopic (exact) mass is 322 g/mol. The Labute approximate surface area is 141 Å². The summed E-state index contributed by atoms with van der Waals surface area (Å²) in [6.45, 7) is 1.71. The smallest absolute Gasteiger partial charge is 0.139 e. The van der Waals surface area contributed by atoms with Gasteiger partial charge in [0.2, 0.25) is 0 Å². The zero-order chi connectivity index (χ0) is 16.4. The van der Waals surface area contributed by atoms with Crippen LogP contribution in [-0.2, 0) is 18.3 Å². The Morgan fingerprint density at radius 3 is 2.88 bits per heavy atom. The first-order valence-electron chi connectivity index (χ1n) is 8.53. The highest BCUT2D eigenvalue weighted by Crippen LogP contribution is 2.24. The van der Waals surface area contributed by atoms with Gasteiger partial charge < -0.3 is 9.30 Å². The molecule has 1 fully saturated rings. The molecular formula is C19H22N4O. The maximum Gasteiger partial charge on any atom is 0.139 e. The van der Waals surface area contributed by atoms with Gasteiger partial charge in [-0.1, -0.05) is 18.2 Å². The van der Waals surface area contributed by atoms with Crippen LogP contribution in [0, 0.1) is 0 Å². The molecule has 5 nitrogen and oxygen atoms in total. The van der Waals surface area contributed by atoms with E-state index in [0.717, 1.165) is 42.2 Å². The fourth-order valence-corrected chi connectivity index (χ4v) is 3.24. The summed E-state index contributed by atoms with van der Waals surface area (Å²) >= 11 is 0. The highest BCUT2D eigenvalue weighted by atomic mass is 16.5. The van der Waals surface area contributed by atoms with Crippen LogP contribution < -0.4 is 0 Å². The summed E-state index contributed by atoms with van der Waals surface area (Å²) in [4.78, 5) is 4.42. The number of aromatic nitrogens is 4. The number of rotatable bonds is 4. The predicted octanol–water partition coefficient (Wildman–Crippen LogP) is 3.52. The Hall–Kier alpha value is -2.40. The molecule has 1 aliphatic rings. The second kappa shape index (κ2) is 6.61. The Balaban J connectivity index is 1.55. The number of ether oxygens (including phenoxy) is 1. The van der Waals surface area contributed by atoms with E-state index in [9.17, 15) is 0 Å². The van der Waals surface area contributed by atoms with Crippen molar-refractivity contribution in [2.75, 3.05) is 6.61 Å². The molecule has 0 saturated carbocycles. The number of aryl methyl sites for hydroxylation is 1. The van der Waals surface area contributed by atoms with E-state index in [-0.39, 0.29) is 0 Å². The van der Waals surface area contributed by atoms with Gasteiger partial charge in [0.05, 0.1) is 18.3 Å². The van der Waals surface area contributed by atoms with E-state index in [1.807, 2.05) is 34.9 Å². The summed E-state index contributed by atoms with van der Waals surface area (Å²) in [5.74, 6) is 0.965. The predicted molar refractivity (Wildman–Crippen MR) is 93.5 cm³/mol. The van der Waals surface area contributed by atoms with Crippen LogP contribution in [0.5, 0.6) is 0 Å². The highest BCUT2D eigenvalue weighted by Gasteiger charge is 2.15. The van der Waals surface area contributed by atoms with Gasteiger partial charge in [-0.25, -0.2) is 4.98 Å². The average Bonchev–Trinajstić information content (AvgIpc) is 3.25. The molecule has 0 spiro atoms. The van der Waals surface area contributed by atoms with E-state index < -0.39 is 0 Å². The zero-order valence-electron chi connectivity index (χ0n) is 13.9. The molecular weight excluding hydrogens is 300 g/mol. The molecule has 1 aromatic carbocycles. The summed E-state index contributed by atoms with van der Waals surface area (Å²) in [6.07, 6.45) is 9.68. The largest absolute Gasteiger partial charge is 0.376 e. The maximum absolute atomic E-state index is 5.81. The molecule has 0 amide bonds. The van der Waals surface area contributed by atoms with Gasteiger partial charge in [0.15, 0.2) is 0 Å². The number of hydrogen-bond donors (Lipinski definition) is 0. The maximum atomic E-state index is 5.81. The molecule has 1 atom stereocenters. The van der Waals surface area contributed by atoms with Gasteiger partial charge in [-0.3, -0.25) is 4.68 Å². The molecule has 24 heavy (non-hydrogen) atoms. The van der Waals surface area contributed by atoms with E-state index in [0.29, 0.717) is 6.10 Å². The molecule has 1 aliphatic heterocycles. The normalized spacial score (nSPS) is 18.0. The molecule has 1 saturated heterocycles. The first-order chi connectivity index (χ1) is 11.8. The van der Waals surface area contributed by atoms with E-state index >= 15 is 0 Å². The Bertz CT molecular complexity index is 814. The number of nitrogens with zero attached hydrogens (tertiary/aromatic N) is 4. The van der Waals surface area contributed by atoms with Gasteiger partial charge in [-0.15, -0.1) is 0 Å². The lowest BCUT2D eigenvalue weighted by molar-refractivity contribution is 0.00403. The van der Waals surface area contributed by atoms with Crippen molar-refractivity contribution < 1.29 is 4.74 Å². The summed E-state index contributed by atoms with van der Waals surface area (Å²) in [6, 6.07) is 10.4. The minimum atomic E-state index is 0.297. The molecule has 124 valence electrons. The van der Waals surface area contributed by atoms with Crippen LogP contribution >= 0.6 is 0 Å². The lowest BCUT2D eigenvalue weighted by atomic mass is 10.1. The molecule has 1 unspecified atom stereocenters. The van der Waals surface area contributed by atoms with Crippen molar-refractivity contribution in [2.24, 2.45) is 7.05 Å². The van der Waals surface area contributed by atoms with Crippen LogP contribution in [0.15, 0.2) is 48.9 Å².